The molecule has 0 bridgehead atoms. The highest BCUT2D eigenvalue weighted by molar-refractivity contribution is 7.90. The summed E-state index contributed by atoms with van der Waals surface area (Å²) in [6.45, 7) is 0.400. The minimum atomic E-state index is -4.57. The number of alkyl halides is 3. The van der Waals surface area contributed by atoms with Crippen LogP contribution in [0.3, 0.4) is 0 Å². The van der Waals surface area contributed by atoms with Gasteiger partial charge in [-0.25, -0.2) is 13.1 Å². The minimum Gasteiger partial charge on any atom is -0.337 e. The molecule has 1 saturated carbocycles. The Bertz CT molecular complexity index is 775. The molecular weight excluding hydrogens is 383 g/mol. The third-order valence-corrected chi connectivity index (χ3v) is 7.02. The number of likely N-dealkylation sites (tertiary alicyclic amines) is 1. The highest BCUT2D eigenvalue weighted by atomic mass is 32.2. The monoisotopic (exact) mass is 405 g/mol. The van der Waals surface area contributed by atoms with Gasteiger partial charge in [-0.05, 0) is 37.8 Å². The van der Waals surface area contributed by atoms with E-state index in [2.05, 4.69) is 9.71 Å². The van der Waals surface area contributed by atoms with Crippen LogP contribution < -0.4 is 4.72 Å². The van der Waals surface area contributed by atoms with E-state index in [-0.39, 0.29) is 18.2 Å². The number of pyridine rings is 1. The second-order valence-electron chi connectivity index (χ2n) is 7.09. The molecule has 3 rings (SSSR count). The molecule has 27 heavy (non-hydrogen) atoms. The highest BCUT2D eigenvalue weighted by Crippen LogP contribution is 2.28. The van der Waals surface area contributed by atoms with Gasteiger partial charge >= 0.3 is 6.18 Å². The van der Waals surface area contributed by atoms with E-state index in [1.165, 1.54) is 4.90 Å². The van der Waals surface area contributed by atoms with Crippen molar-refractivity contribution in [1.29, 1.82) is 0 Å². The Morgan fingerprint density at radius 1 is 1.15 bits per heavy atom. The van der Waals surface area contributed by atoms with Crippen LogP contribution in [-0.4, -0.2) is 48.6 Å². The average Bonchev–Trinajstić information content (AvgIpc) is 3.13. The second kappa shape index (κ2) is 7.75. The average molecular weight is 405 g/mol. The molecule has 2 aliphatic rings. The predicted octanol–water partition coefficient (Wildman–Crippen LogP) is 2.57. The van der Waals surface area contributed by atoms with Crippen molar-refractivity contribution in [2.45, 2.75) is 56.0 Å². The number of piperidine rings is 1. The van der Waals surface area contributed by atoms with Gasteiger partial charge in [0.05, 0.1) is 10.8 Å². The molecular formula is C17H22F3N3O3S. The van der Waals surface area contributed by atoms with Crippen LogP contribution in [0.2, 0.25) is 0 Å². The number of nitrogens with one attached hydrogen (secondary N) is 1. The maximum atomic E-state index is 12.6. The molecule has 2 heterocycles. The van der Waals surface area contributed by atoms with Crippen molar-refractivity contribution in [3.63, 3.8) is 0 Å². The second-order valence-corrected chi connectivity index (χ2v) is 9.08. The topological polar surface area (TPSA) is 79.4 Å². The molecule has 1 saturated heterocycles. The number of amides is 1. The third-order valence-electron chi connectivity index (χ3n) is 5.09. The SMILES string of the molecule is O=C(c1ccc(C(F)(F)F)nc1)N1CCC[C@H](S(=O)(=O)NC2CCCC2)C1. The zero-order valence-corrected chi connectivity index (χ0v) is 15.5. The Balaban J connectivity index is 1.67. The van der Waals surface area contributed by atoms with Crippen LogP contribution in [0.25, 0.3) is 0 Å². The lowest BCUT2D eigenvalue weighted by molar-refractivity contribution is -0.141. The van der Waals surface area contributed by atoms with E-state index in [1.807, 2.05) is 0 Å². The summed E-state index contributed by atoms with van der Waals surface area (Å²) in [6, 6.07) is 1.79. The molecule has 0 radical (unpaired) electrons. The standard InChI is InChI=1S/C17H22F3N3O3S/c18-17(19,20)15-8-7-12(10-21-15)16(24)23-9-3-6-14(11-23)27(25,26)22-13-4-1-2-5-13/h7-8,10,13-14,22H,1-6,9,11H2/t14-/m0/s1. The van der Waals surface area contributed by atoms with Crippen LogP contribution in [0, 0.1) is 0 Å². The highest BCUT2D eigenvalue weighted by Gasteiger charge is 2.36. The first-order valence-corrected chi connectivity index (χ1v) is 10.5. The zero-order valence-electron chi connectivity index (χ0n) is 14.7. The Morgan fingerprint density at radius 3 is 2.44 bits per heavy atom. The molecule has 10 heteroatoms. The fourth-order valence-electron chi connectivity index (χ4n) is 3.62. The first-order valence-electron chi connectivity index (χ1n) is 9.00. The summed E-state index contributed by atoms with van der Waals surface area (Å²) in [4.78, 5) is 17.2. The first-order chi connectivity index (χ1) is 12.7. The van der Waals surface area contributed by atoms with Crippen molar-refractivity contribution in [1.82, 2.24) is 14.6 Å². The van der Waals surface area contributed by atoms with Gasteiger partial charge in [-0.1, -0.05) is 12.8 Å². The Morgan fingerprint density at radius 2 is 1.85 bits per heavy atom. The van der Waals surface area contributed by atoms with Crippen LogP contribution in [0.15, 0.2) is 18.3 Å². The van der Waals surface area contributed by atoms with Gasteiger partial charge < -0.3 is 4.90 Å². The lowest BCUT2D eigenvalue weighted by Gasteiger charge is -2.33. The van der Waals surface area contributed by atoms with Gasteiger partial charge in [0, 0.05) is 25.3 Å². The molecule has 1 N–H and O–H groups in total. The number of carbonyl (C=O) groups is 1. The molecule has 1 aliphatic heterocycles. The van der Waals surface area contributed by atoms with Crippen molar-refractivity contribution in [3.05, 3.63) is 29.6 Å². The van der Waals surface area contributed by atoms with Crippen LogP contribution in [0.5, 0.6) is 0 Å². The normalized spacial score (nSPS) is 22.2. The maximum Gasteiger partial charge on any atom is 0.433 e. The van der Waals surface area contributed by atoms with Gasteiger partial charge in [0.15, 0.2) is 0 Å². The quantitative estimate of drug-likeness (QED) is 0.835. The van der Waals surface area contributed by atoms with E-state index in [1.54, 1.807) is 0 Å². The van der Waals surface area contributed by atoms with Crippen molar-refractivity contribution < 1.29 is 26.4 Å². The summed E-state index contributed by atoms with van der Waals surface area (Å²) in [6.07, 6.45) is 0.954. The van der Waals surface area contributed by atoms with E-state index in [0.717, 1.165) is 44.0 Å². The Hall–Kier alpha value is -1.68. The van der Waals surface area contributed by atoms with Gasteiger partial charge in [-0.3, -0.25) is 9.78 Å². The van der Waals surface area contributed by atoms with Gasteiger partial charge in [-0.15, -0.1) is 0 Å². The van der Waals surface area contributed by atoms with Crippen LogP contribution in [-0.2, 0) is 16.2 Å². The van der Waals surface area contributed by atoms with E-state index >= 15 is 0 Å². The molecule has 1 aliphatic carbocycles. The van der Waals surface area contributed by atoms with E-state index in [9.17, 15) is 26.4 Å². The van der Waals surface area contributed by atoms with Crippen LogP contribution >= 0.6 is 0 Å². The summed E-state index contributed by atoms with van der Waals surface area (Å²) in [5, 5.41) is -0.710. The molecule has 1 amide bonds. The number of hydrogen-bond donors (Lipinski definition) is 1. The molecule has 0 unspecified atom stereocenters. The summed E-state index contributed by atoms with van der Waals surface area (Å²) in [5.74, 6) is -0.503. The molecule has 6 nitrogen and oxygen atoms in total. The largest absolute Gasteiger partial charge is 0.433 e. The molecule has 150 valence electrons. The number of rotatable bonds is 4. The predicted molar refractivity (Wildman–Crippen MR) is 92.5 cm³/mol. The molecule has 1 aromatic rings. The molecule has 0 spiro atoms. The molecule has 1 aromatic heterocycles. The third kappa shape index (κ3) is 4.78. The number of nitrogens with zero attached hydrogens (tertiary/aromatic N) is 2. The number of hydrogen-bond acceptors (Lipinski definition) is 4. The van der Waals surface area contributed by atoms with Crippen LogP contribution in [0.4, 0.5) is 13.2 Å². The van der Waals surface area contributed by atoms with Crippen molar-refractivity contribution in [2.24, 2.45) is 0 Å². The van der Waals surface area contributed by atoms with Gasteiger partial charge in [-0.2, -0.15) is 13.2 Å². The maximum absolute atomic E-state index is 12.6. The van der Waals surface area contributed by atoms with Gasteiger partial charge in [0.25, 0.3) is 5.91 Å². The van der Waals surface area contributed by atoms with Crippen LogP contribution in [0.1, 0.15) is 54.6 Å². The summed E-state index contributed by atoms with van der Waals surface area (Å²) >= 11 is 0. The Kier molecular flexibility index (Phi) is 5.76. The lowest BCUT2D eigenvalue weighted by Crippen LogP contribution is -2.50. The van der Waals surface area contributed by atoms with Crippen molar-refractivity contribution >= 4 is 15.9 Å². The molecule has 1 atom stereocenters. The van der Waals surface area contributed by atoms with Gasteiger partial charge in [0.1, 0.15) is 5.69 Å². The van der Waals surface area contributed by atoms with E-state index in [4.69, 9.17) is 0 Å². The zero-order chi connectivity index (χ0) is 19.7. The number of sulfonamides is 1. The molecule has 0 aromatic carbocycles. The minimum absolute atomic E-state index is 0.0183. The van der Waals surface area contributed by atoms with E-state index < -0.39 is 33.1 Å². The molecule has 2 fully saturated rings. The summed E-state index contributed by atoms with van der Waals surface area (Å²) < 4.78 is 65.8. The Labute approximate surface area is 156 Å². The first kappa shape index (κ1) is 20.1. The fourth-order valence-corrected chi connectivity index (χ4v) is 5.36. The van der Waals surface area contributed by atoms with Crippen molar-refractivity contribution in [2.75, 3.05) is 13.1 Å². The van der Waals surface area contributed by atoms with E-state index in [0.29, 0.717) is 19.4 Å². The lowest BCUT2D eigenvalue weighted by atomic mass is 10.1. The number of carbonyl (C=O) groups excluding carboxylic acids is 1. The van der Waals surface area contributed by atoms with Crippen molar-refractivity contribution in [3.8, 4) is 0 Å². The fraction of sp³-hybridized carbons (Fsp3) is 0.647. The number of aromatic nitrogens is 1. The smallest absolute Gasteiger partial charge is 0.337 e. The summed E-state index contributed by atoms with van der Waals surface area (Å²) in [5.41, 5.74) is -1.05. The van der Waals surface area contributed by atoms with Gasteiger partial charge in [0.2, 0.25) is 10.0 Å². The summed E-state index contributed by atoms with van der Waals surface area (Å²) in [7, 11) is -3.55. The number of halogens is 3.